The molecule has 0 radical (unpaired) electrons. The summed E-state index contributed by atoms with van der Waals surface area (Å²) in [5.74, 6) is -1.51. The maximum absolute atomic E-state index is 12.8. The maximum Gasteiger partial charge on any atom is 0.248 e. The van der Waals surface area contributed by atoms with Crippen molar-refractivity contribution >= 4 is 0 Å². The Hall–Kier alpha value is -0.180. The molecule has 88 valence electrons. The third-order valence-electron chi connectivity index (χ3n) is 4.62. The highest BCUT2D eigenvalue weighted by Crippen LogP contribution is 2.52. The standard InChI is InChI=1S/C12H21F2N/c1-11(15(2)3)5-4-9(6-11)10-7-12(13,14)8-10/h9-10H,4-8H2,1-3H3. The summed E-state index contributed by atoms with van der Waals surface area (Å²) in [6.45, 7) is 2.25. The fourth-order valence-electron chi connectivity index (χ4n) is 3.11. The Labute approximate surface area is 90.8 Å². The molecule has 2 aliphatic rings. The third kappa shape index (κ3) is 2.03. The number of alkyl halides is 2. The van der Waals surface area contributed by atoms with Crippen molar-refractivity contribution in [3.8, 4) is 0 Å². The largest absolute Gasteiger partial charge is 0.304 e. The summed E-state index contributed by atoms with van der Waals surface area (Å²) in [6, 6.07) is 0. The van der Waals surface area contributed by atoms with Crippen LogP contribution < -0.4 is 0 Å². The van der Waals surface area contributed by atoms with E-state index in [9.17, 15) is 8.78 Å². The molecule has 0 saturated heterocycles. The first-order chi connectivity index (χ1) is 6.82. The molecule has 0 aromatic rings. The van der Waals surface area contributed by atoms with E-state index in [1.165, 1.54) is 0 Å². The van der Waals surface area contributed by atoms with Crippen LogP contribution in [-0.4, -0.2) is 30.5 Å². The van der Waals surface area contributed by atoms with Gasteiger partial charge in [0.2, 0.25) is 5.92 Å². The van der Waals surface area contributed by atoms with Crippen molar-refractivity contribution in [1.82, 2.24) is 4.90 Å². The van der Waals surface area contributed by atoms with Crippen LogP contribution in [0, 0.1) is 11.8 Å². The second-order valence-corrected chi connectivity index (χ2v) is 5.92. The first-order valence-electron chi connectivity index (χ1n) is 5.88. The highest BCUT2D eigenvalue weighted by Gasteiger charge is 2.51. The highest BCUT2D eigenvalue weighted by atomic mass is 19.3. The van der Waals surface area contributed by atoms with Gasteiger partial charge in [0.25, 0.3) is 0 Å². The topological polar surface area (TPSA) is 3.24 Å². The summed E-state index contributed by atoms with van der Waals surface area (Å²) in [5.41, 5.74) is 0.246. The van der Waals surface area contributed by atoms with Crippen molar-refractivity contribution < 1.29 is 8.78 Å². The Morgan fingerprint density at radius 1 is 1.07 bits per heavy atom. The lowest BCUT2D eigenvalue weighted by Gasteiger charge is -2.40. The molecule has 0 aliphatic heterocycles. The van der Waals surface area contributed by atoms with Gasteiger partial charge in [-0.15, -0.1) is 0 Å². The SMILES string of the molecule is CN(C)C1(C)CCC(C2CC(F)(F)C2)C1. The molecule has 15 heavy (non-hydrogen) atoms. The Morgan fingerprint density at radius 2 is 1.67 bits per heavy atom. The summed E-state index contributed by atoms with van der Waals surface area (Å²) in [6.07, 6.45) is 3.67. The van der Waals surface area contributed by atoms with E-state index in [0.717, 1.165) is 19.3 Å². The molecule has 2 fully saturated rings. The average molecular weight is 217 g/mol. The van der Waals surface area contributed by atoms with Gasteiger partial charge in [0.15, 0.2) is 0 Å². The van der Waals surface area contributed by atoms with Gasteiger partial charge in [-0.05, 0) is 52.1 Å². The molecule has 0 heterocycles. The summed E-state index contributed by atoms with van der Waals surface area (Å²) >= 11 is 0. The molecule has 2 saturated carbocycles. The lowest BCUT2D eigenvalue weighted by atomic mass is 9.72. The predicted octanol–water partition coefficient (Wildman–Crippen LogP) is 3.15. The van der Waals surface area contributed by atoms with Crippen LogP contribution in [0.4, 0.5) is 8.78 Å². The van der Waals surface area contributed by atoms with Gasteiger partial charge >= 0.3 is 0 Å². The molecular formula is C12H21F2N. The summed E-state index contributed by atoms with van der Waals surface area (Å²) in [4.78, 5) is 2.25. The minimum Gasteiger partial charge on any atom is -0.304 e. The summed E-state index contributed by atoms with van der Waals surface area (Å²) < 4.78 is 25.6. The maximum atomic E-state index is 12.8. The zero-order valence-electron chi connectivity index (χ0n) is 9.89. The molecule has 0 amide bonds. The van der Waals surface area contributed by atoms with Crippen LogP contribution in [0.25, 0.3) is 0 Å². The molecule has 0 spiro atoms. The van der Waals surface area contributed by atoms with Gasteiger partial charge in [-0.1, -0.05) is 0 Å². The Kier molecular flexibility index (Phi) is 2.57. The van der Waals surface area contributed by atoms with Gasteiger partial charge in [0.1, 0.15) is 0 Å². The predicted molar refractivity (Wildman–Crippen MR) is 57.1 cm³/mol. The summed E-state index contributed by atoms with van der Waals surface area (Å²) in [5, 5.41) is 0. The lowest BCUT2D eigenvalue weighted by molar-refractivity contribution is -0.126. The number of rotatable bonds is 2. The van der Waals surface area contributed by atoms with Gasteiger partial charge in [0, 0.05) is 18.4 Å². The average Bonchev–Trinajstić information content (AvgIpc) is 2.45. The van der Waals surface area contributed by atoms with Crippen molar-refractivity contribution in [3.05, 3.63) is 0 Å². The number of hydrogen-bond acceptors (Lipinski definition) is 1. The number of hydrogen-bond donors (Lipinski definition) is 0. The Balaban J connectivity index is 1.89. The van der Waals surface area contributed by atoms with Crippen molar-refractivity contribution in [2.75, 3.05) is 14.1 Å². The van der Waals surface area contributed by atoms with Crippen LogP contribution in [-0.2, 0) is 0 Å². The molecule has 0 N–H and O–H groups in total. The van der Waals surface area contributed by atoms with Crippen LogP contribution in [0.3, 0.4) is 0 Å². The van der Waals surface area contributed by atoms with E-state index in [0.29, 0.717) is 11.8 Å². The molecule has 2 rings (SSSR count). The molecule has 0 aromatic heterocycles. The Morgan fingerprint density at radius 3 is 2.07 bits per heavy atom. The molecule has 3 heteroatoms. The van der Waals surface area contributed by atoms with Crippen molar-refractivity contribution in [1.29, 1.82) is 0 Å². The first-order valence-corrected chi connectivity index (χ1v) is 5.88. The van der Waals surface area contributed by atoms with E-state index in [1.807, 2.05) is 0 Å². The lowest BCUT2D eigenvalue weighted by Crippen LogP contribution is -2.42. The van der Waals surface area contributed by atoms with E-state index in [2.05, 4.69) is 25.9 Å². The normalized spacial score (nSPS) is 40.8. The second-order valence-electron chi connectivity index (χ2n) is 5.92. The number of nitrogens with zero attached hydrogens (tertiary/aromatic N) is 1. The highest BCUT2D eigenvalue weighted by molar-refractivity contribution is 4.99. The van der Waals surface area contributed by atoms with Gasteiger partial charge in [-0.3, -0.25) is 0 Å². The van der Waals surface area contributed by atoms with Crippen LogP contribution in [0.15, 0.2) is 0 Å². The minimum absolute atomic E-state index is 0.140. The van der Waals surface area contributed by atoms with Gasteiger partial charge in [-0.2, -0.15) is 0 Å². The quantitative estimate of drug-likeness (QED) is 0.686. The van der Waals surface area contributed by atoms with E-state index < -0.39 is 5.92 Å². The molecule has 2 unspecified atom stereocenters. The van der Waals surface area contributed by atoms with E-state index in [1.54, 1.807) is 0 Å². The van der Waals surface area contributed by atoms with Crippen molar-refractivity contribution in [2.24, 2.45) is 11.8 Å². The first kappa shape index (κ1) is 11.3. The fraction of sp³-hybridized carbons (Fsp3) is 1.00. The van der Waals surface area contributed by atoms with Gasteiger partial charge in [-0.25, -0.2) is 8.78 Å². The van der Waals surface area contributed by atoms with E-state index in [4.69, 9.17) is 0 Å². The molecule has 2 atom stereocenters. The molecule has 0 aromatic carbocycles. The van der Waals surface area contributed by atoms with Crippen LogP contribution >= 0.6 is 0 Å². The van der Waals surface area contributed by atoms with Gasteiger partial charge < -0.3 is 4.90 Å². The van der Waals surface area contributed by atoms with Gasteiger partial charge in [0.05, 0.1) is 0 Å². The number of halogens is 2. The second kappa shape index (κ2) is 3.41. The van der Waals surface area contributed by atoms with Crippen LogP contribution in [0.2, 0.25) is 0 Å². The van der Waals surface area contributed by atoms with Crippen LogP contribution in [0.5, 0.6) is 0 Å². The zero-order valence-corrected chi connectivity index (χ0v) is 9.89. The molecule has 1 nitrogen and oxygen atoms in total. The molecular weight excluding hydrogens is 196 g/mol. The van der Waals surface area contributed by atoms with E-state index in [-0.39, 0.29) is 18.4 Å². The zero-order chi connectivity index (χ0) is 11.3. The monoisotopic (exact) mass is 217 g/mol. The minimum atomic E-state index is -2.35. The molecule has 2 aliphatic carbocycles. The van der Waals surface area contributed by atoms with Crippen molar-refractivity contribution in [3.63, 3.8) is 0 Å². The molecule has 0 bridgehead atoms. The Bertz CT molecular complexity index is 244. The third-order valence-corrected chi connectivity index (χ3v) is 4.62. The van der Waals surface area contributed by atoms with E-state index >= 15 is 0 Å². The smallest absolute Gasteiger partial charge is 0.248 e. The summed E-state index contributed by atoms with van der Waals surface area (Å²) in [7, 11) is 4.19. The fourth-order valence-corrected chi connectivity index (χ4v) is 3.11. The van der Waals surface area contributed by atoms with Crippen LogP contribution in [0.1, 0.15) is 39.0 Å². The van der Waals surface area contributed by atoms with Crippen molar-refractivity contribution in [2.45, 2.75) is 50.5 Å².